The van der Waals surface area contributed by atoms with E-state index in [0.29, 0.717) is 23.3 Å². The standard InChI is InChI=1S/C24H25NO4.C8H12N2.C2H6N2O/c1-17-21(26)19-11-8-12-20(23(19)29-22(17)18-9-4-2-5-10-18)24(27)28-16-15-25-13-6-3-7-14-25;1-9-7-5-8-4-2-3-6-10-8;1-4(2)3-5/h2,4-5,8-12H,3,6-7,13-16H2,1H3;2-4,6,9H,5,7H2,1H3;1-2H3. The number of aromatic nitrogens is 1. The summed E-state index contributed by atoms with van der Waals surface area (Å²) in [5, 5.41) is 7.14. The first-order chi connectivity index (χ1) is 21.3. The van der Waals surface area contributed by atoms with Crippen molar-refractivity contribution in [2.45, 2.75) is 32.6 Å². The lowest BCUT2D eigenvalue weighted by molar-refractivity contribution is 0.0453. The van der Waals surface area contributed by atoms with E-state index in [0.717, 1.165) is 43.9 Å². The van der Waals surface area contributed by atoms with Gasteiger partial charge in [-0.1, -0.05) is 48.9 Å². The van der Waals surface area contributed by atoms with Gasteiger partial charge in [0, 0.05) is 56.6 Å². The van der Waals surface area contributed by atoms with Gasteiger partial charge in [0.05, 0.1) is 10.7 Å². The van der Waals surface area contributed by atoms with E-state index >= 15 is 0 Å². The molecule has 1 aliphatic rings. The molecule has 0 atom stereocenters. The number of hydrogen-bond donors (Lipinski definition) is 1. The van der Waals surface area contributed by atoms with Crippen molar-refractivity contribution in [3.8, 4) is 11.3 Å². The molecule has 3 heterocycles. The normalized spacial score (nSPS) is 12.7. The molecule has 1 saturated heterocycles. The van der Waals surface area contributed by atoms with Crippen LogP contribution in [-0.4, -0.2) is 74.8 Å². The maximum atomic E-state index is 12.9. The first-order valence-corrected chi connectivity index (χ1v) is 14.9. The quantitative estimate of drug-likeness (QED) is 0.151. The van der Waals surface area contributed by atoms with E-state index < -0.39 is 5.97 Å². The fourth-order valence-corrected chi connectivity index (χ4v) is 4.66. The van der Waals surface area contributed by atoms with Gasteiger partial charge in [0.15, 0.2) is 11.0 Å². The van der Waals surface area contributed by atoms with Crippen molar-refractivity contribution in [2.24, 2.45) is 5.29 Å². The van der Waals surface area contributed by atoms with Crippen LogP contribution in [0, 0.1) is 11.8 Å². The second-order valence-corrected chi connectivity index (χ2v) is 10.6. The van der Waals surface area contributed by atoms with Gasteiger partial charge in [0.2, 0.25) is 0 Å². The molecule has 1 N–H and O–H groups in total. The van der Waals surface area contributed by atoms with Crippen molar-refractivity contribution in [3.05, 3.63) is 105 Å². The Kier molecular flexibility index (Phi) is 14.2. The molecule has 1 fully saturated rings. The highest BCUT2D eigenvalue weighted by atomic mass is 16.5. The minimum Gasteiger partial charge on any atom is -0.461 e. The number of para-hydroxylation sites is 1. The molecule has 5 rings (SSSR count). The Bertz CT molecular complexity index is 1500. The predicted molar refractivity (Wildman–Crippen MR) is 175 cm³/mol. The summed E-state index contributed by atoms with van der Waals surface area (Å²) in [6.45, 7) is 5.92. The number of pyridine rings is 1. The van der Waals surface area contributed by atoms with Crippen LogP contribution in [0.5, 0.6) is 0 Å². The Labute approximate surface area is 259 Å². The summed E-state index contributed by atoms with van der Waals surface area (Å²) in [6.07, 6.45) is 6.50. The summed E-state index contributed by atoms with van der Waals surface area (Å²) in [7, 11) is 5.10. The second kappa shape index (κ2) is 18.3. The molecule has 0 amide bonds. The van der Waals surface area contributed by atoms with E-state index in [9.17, 15) is 14.5 Å². The third kappa shape index (κ3) is 10.4. The maximum absolute atomic E-state index is 12.9. The van der Waals surface area contributed by atoms with Crippen LogP contribution >= 0.6 is 0 Å². The number of carbonyl (C=O) groups excluding carboxylic acids is 1. The van der Waals surface area contributed by atoms with Crippen LogP contribution in [-0.2, 0) is 11.2 Å². The van der Waals surface area contributed by atoms with Crippen LogP contribution in [0.2, 0.25) is 0 Å². The van der Waals surface area contributed by atoms with Gasteiger partial charge >= 0.3 is 5.97 Å². The predicted octanol–water partition coefficient (Wildman–Crippen LogP) is 5.48. The van der Waals surface area contributed by atoms with E-state index in [2.05, 4.69) is 20.5 Å². The highest BCUT2D eigenvalue weighted by molar-refractivity contribution is 6.02. The average Bonchev–Trinajstić information content (AvgIpc) is 3.07. The lowest BCUT2D eigenvalue weighted by Gasteiger charge is -2.25. The van der Waals surface area contributed by atoms with Crippen LogP contribution in [0.25, 0.3) is 22.3 Å². The molecule has 1 aliphatic heterocycles. The van der Waals surface area contributed by atoms with E-state index in [-0.39, 0.29) is 16.6 Å². The molecule has 234 valence electrons. The molecule has 0 saturated carbocycles. The molecule has 0 spiro atoms. The highest BCUT2D eigenvalue weighted by Crippen LogP contribution is 2.27. The Morgan fingerprint density at radius 2 is 1.73 bits per heavy atom. The second-order valence-electron chi connectivity index (χ2n) is 10.6. The average molecular weight is 602 g/mol. The van der Waals surface area contributed by atoms with Gasteiger partial charge in [-0.05, 0) is 64.2 Å². The number of nitrogens with zero attached hydrogens (tertiary/aromatic N) is 4. The Morgan fingerprint density at radius 1 is 1.02 bits per heavy atom. The number of ether oxygens (including phenoxy) is 1. The van der Waals surface area contributed by atoms with Gasteiger partial charge in [-0.15, -0.1) is 4.91 Å². The summed E-state index contributed by atoms with van der Waals surface area (Å²) in [5.74, 6) is 0.0234. The largest absolute Gasteiger partial charge is 0.461 e. The number of carbonyl (C=O) groups is 1. The summed E-state index contributed by atoms with van der Waals surface area (Å²) < 4.78 is 11.6. The summed E-state index contributed by atoms with van der Waals surface area (Å²) in [4.78, 5) is 41.3. The van der Waals surface area contributed by atoms with Crippen molar-refractivity contribution in [1.82, 2.24) is 20.2 Å². The molecule has 4 aromatic rings. The molecule has 0 radical (unpaired) electrons. The lowest BCUT2D eigenvalue weighted by atomic mass is 10.0. The molecule has 0 bridgehead atoms. The first-order valence-electron chi connectivity index (χ1n) is 14.9. The lowest BCUT2D eigenvalue weighted by Crippen LogP contribution is -2.33. The number of nitroso groups, excluding NO2 is 1. The third-order valence-corrected chi connectivity index (χ3v) is 7.01. The third-order valence-electron chi connectivity index (χ3n) is 7.01. The number of nitrogens with one attached hydrogen (secondary N) is 1. The topological polar surface area (TPSA) is 117 Å². The maximum Gasteiger partial charge on any atom is 0.342 e. The molecule has 44 heavy (non-hydrogen) atoms. The van der Waals surface area contributed by atoms with Crippen LogP contribution < -0.4 is 10.7 Å². The van der Waals surface area contributed by atoms with E-state index in [4.69, 9.17) is 9.15 Å². The van der Waals surface area contributed by atoms with Gasteiger partial charge < -0.3 is 14.5 Å². The van der Waals surface area contributed by atoms with E-state index in [1.807, 2.05) is 61.8 Å². The van der Waals surface area contributed by atoms with Crippen LogP contribution in [0.4, 0.5) is 0 Å². The van der Waals surface area contributed by atoms with Crippen molar-refractivity contribution in [2.75, 3.05) is 53.9 Å². The van der Waals surface area contributed by atoms with Crippen LogP contribution in [0.3, 0.4) is 0 Å². The SMILES string of the molecule is CN(C)N=O.CNCCc1ccccn1.Cc1c(-c2ccccc2)oc2c(C(=O)OCCN3CCCCC3)cccc2c1=O. The van der Waals surface area contributed by atoms with Crippen LogP contribution in [0.15, 0.2) is 87.4 Å². The molecule has 0 unspecified atom stereocenters. The zero-order chi connectivity index (χ0) is 31.7. The van der Waals surface area contributed by atoms with Gasteiger partial charge in [-0.3, -0.25) is 19.7 Å². The first kappa shape index (κ1) is 34.1. The summed E-state index contributed by atoms with van der Waals surface area (Å²) in [5.41, 5.74) is 2.92. The fourth-order valence-electron chi connectivity index (χ4n) is 4.66. The smallest absolute Gasteiger partial charge is 0.342 e. The number of benzene rings is 2. The fraction of sp³-hybridized carbons (Fsp3) is 0.382. The van der Waals surface area contributed by atoms with Crippen molar-refractivity contribution in [3.63, 3.8) is 0 Å². The van der Waals surface area contributed by atoms with Crippen molar-refractivity contribution in [1.29, 1.82) is 0 Å². The van der Waals surface area contributed by atoms with Crippen molar-refractivity contribution < 1.29 is 13.9 Å². The number of fused-ring (bicyclic) bond motifs is 1. The Morgan fingerprint density at radius 3 is 2.36 bits per heavy atom. The number of piperidine rings is 1. The Hall–Kier alpha value is -4.41. The number of likely N-dealkylation sites (tertiary alicyclic amines) is 1. The van der Waals surface area contributed by atoms with Gasteiger partial charge in [-0.2, -0.15) is 0 Å². The molecule has 10 nitrogen and oxygen atoms in total. The molecular weight excluding hydrogens is 558 g/mol. The van der Waals surface area contributed by atoms with Crippen molar-refractivity contribution >= 4 is 16.9 Å². The van der Waals surface area contributed by atoms with Gasteiger partial charge in [0.1, 0.15) is 17.9 Å². The Balaban J connectivity index is 0.000000291. The number of hydrogen-bond acceptors (Lipinski definition) is 9. The summed E-state index contributed by atoms with van der Waals surface area (Å²) >= 11 is 0. The minimum atomic E-state index is -0.460. The van der Waals surface area contributed by atoms with E-state index in [1.54, 1.807) is 39.2 Å². The number of rotatable bonds is 9. The summed E-state index contributed by atoms with van der Waals surface area (Å²) in [6, 6.07) is 20.5. The minimum absolute atomic E-state index is 0.131. The number of esters is 1. The molecule has 0 aliphatic carbocycles. The molecule has 10 heteroatoms. The van der Waals surface area contributed by atoms with Gasteiger partial charge in [0.25, 0.3) is 0 Å². The zero-order valence-corrected chi connectivity index (χ0v) is 26.1. The zero-order valence-electron chi connectivity index (χ0n) is 26.1. The highest BCUT2D eigenvalue weighted by Gasteiger charge is 2.19. The van der Waals surface area contributed by atoms with Crippen LogP contribution in [0.1, 0.15) is 40.9 Å². The number of likely N-dealkylation sites (N-methyl/N-ethyl adjacent to an activating group) is 1. The van der Waals surface area contributed by atoms with E-state index in [1.165, 1.54) is 24.3 Å². The molecule has 2 aromatic carbocycles. The van der Waals surface area contributed by atoms with Gasteiger partial charge in [-0.25, -0.2) is 4.79 Å². The monoisotopic (exact) mass is 601 g/mol. The molecule has 2 aromatic heterocycles. The molecular formula is C34H43N5O5.